The zero-order valence-electron chi connectivity index (χ0n) is 7.08. The molecule has 0 saturated heterocycles. The molecule has 0 saturated carbocycles. The van der Waals surface area contributed by atoms with Crippen molar-refractivity contribution in [1.82, 2.24) is 5.32 Å². The smallest absolute Gasteiger partial charge is 0.102 e. The summed E-state index contributed by atoms with van der Waals surface area (Å²) in [5, 5.41) is 3.00. The Kier molecular flexibility index (Phi) is 8.41. The summed E-state index contributed by atoms with van der Waals surface area (Å²) in [5.41, 5.74) is 0. The summed E-state index contributed by atoms with van der Waals surface area (Å²) in [6, 6.07) is 0. The van der Waals surface area contributed by atoms with Crippen molar-refractivity contribution in [2.45, 2.75) is 19.8 Å². The standard InChI is InChI=1S/C8H17ClFN/c1-8(7-9)3-2-5-11-6-4-10/h8,11H,2-7H2,1H3. The van der Waals surface area contributed by atoms with Crippen LogP contribution in [0.2, 0.25) is 0 Å². The van der Waals surface area contributed by atoms with Gasteiger partial charge in [-0.1, -0.05) is 6.92 Å². The maximum Gasteiger partial charge on any atom is 0.102 e. The molecule has 0 bridgehead atoms. The molecule has 1 nitrogen and oxygen atoms in total. The molecular formula is C8H17ClFN. The Morgan fingerprint density at radius 3 is 2.73 bits per heavy atom. The highest BCUT2D eigenvalue weighted by atomic mass is 35.5. The van der Waals surface area contributed by atoms with Crippen molar-refractivity contribution in [2.24, 2.45) is 5.92 Å². The third-order valence-electron chi connectivity index (χ3n) is 1.59. The van der Waals surface area contributed by atoms with E-state index in [1.54, 1.807) is 0 Å². The van der Waals surface area contributed by atoms with Gasteiger partial charge in [0.25, 0.3) is 0 Å². The van der Waals surface area contributed by atoms with Gasteiger partial charge in [-0.2, -0.15) is 0 Å². The highest BCUT2D eigenvalue weighted by molar-refractivity contribution is 6.18. The van der Waals surface area contributed by atoms with E-state index >= 15 is 0 Å². The fourth-order valence-electron chi connectivity index (χ4n) is 0.844. The largest absolute Gasteiger partial charge is 0.314 e. The second-order valence-corrected chi connectivity index (χ2v) is 3.15. The first-order chi connectivity index (χ1) is 5.31. The molecule has 11 heavy (non-hydrogen) atoms. The monoisotopic (exact) mass is 181 g/mol. The summed E-state index contributed by atoms with van der Waals surface area (Å²) in [6.45, 7) is 3.24. The van der Waals surface area contributed by atoms with Crippen molar-refractivity contribution in [1.29, 1.82) is 0 Å². The predicted molar refractivity (Wildman–Crippen MR) is 48.0 cm³/mol. The van der Waals surface area contributed by atoms with Crippen molar-refractivity contribution in [3.05, 3.63) is 0 Å². The molecule has 0 spiro atoms. The van der Waals surface area contributed by atoms with E-state index < -0.39 is 0 Å². The molecule has 68 valence electrons. The number of nitrogens with one attached hydrogen (secondary N) is 1. The molecule has 0 aromatic heterocycles. The average molecular weight is 182 g/mol. The molecule has 0 aliphatic rings. The maximum absolute atomic E-state index is 11.6. The molecule has 0 amide bonds. The molecular weight excluding hydrogens is 165 g/mol. The Bertz CT molecular complexity index is 80.5. The lowest BCUT2D eigenvalue weighted by molar-refractivity contribution is 0.455. The summed E-state index contributed by atoms with van der Waals surface area (Å²) < 4.78 is 11.6. The Labute approximate surface area is 73.3 Å². The first-order valence-corrected chi connectivity index (χ1v) is 4.67. The minimum absolute atomic E-state index is 0.273. The van der Waals surface area contributed by atoms with Crippen molar-refractivity contribution in [3.8, 4) is 0 Å². The Morgan fingerprint density at radius 1 is 1.45 bits per heavy atom. The predicted octanol–water partition coefficient (Wildman–Crippen LogP) is 2.20. The Morgan fingerprint density at radius 2 is 2.18 bits per heavy atom. The van der Waals surface area contributed by atoms with Gasteiger partial charge >= 0.3 is 0 Å². The molecule has 1 atom stereocenters. The number of alkyl halides is 2. The van der Waals surface area contributed by atoms with Crippen LogP contribution in [0.4, 0.5) is 4.39 Å². The van der Waals surface area contributed by atoms with E-state index in [0.717, 1.165) is 25.3 Å². The normalized spacial score (nSPS) is 13.4. The molecule has 0 rings (SSSR count). The Hall–Kier alpha value is 0.180. The molecule has 0 heterocycles. The average Bonchev–Trinajstić information content (AvgIpc) is 2.04. The molecule has 0 radical (unpaired) electrons. The SMILES string of the molecule is CC(CCl)CCCNCCF. The number of hydrogen-bond donors (Lipinski definition) is 1. The van der Waals surface area contributed by atoms with E-state index in [0.29, 0.717) is 12.5 Å². The zero-order chi connectivity index (χ0) is 8.53. The third-order valence-corrected chi connectivity index (χ3v) is 2.11. The number of hydrogen-bond acceptors (Lipinski definition) is 1. The summed E-state index contributed by atoms with van der Waals surface area (Å²) >= 11 is 5.61. The van der Waals surface area contributed by atoms with Crippen LogP contribution in [0.15, 0.2) is 0 Å². The van der Waals surface area contributed by atoms with Crippen LogP contribution in [-0.2, 0) is 0 Å². The third kappa shape index (κ3) is 8.08. The van der Waals surface area contributed by atoms with Gasteiger partial charge in [0.05, 0.1) is 0 Å². The molecule has 0 aromatic rings. The summed E-state index contributed by atoms with van der Waals surface area (Å²) in [7, 11) is 0. The van der Waals surface area contributed by atoms with Gasteiger partial charge in [0.15, 0.2) is 0 Å². The lowest BCUT2D eigenvalue weighted by atomic mass is 10.1. The van der Waals surface area contributed by atoms with E-state index in [9.17, 15) is 4.39 Å². The fraction of sp³-hybridized carbons (Fsp3) is 1.00. The first kappa shape index (κ1) is 11.2. The molecule has 1 unspecified atom stereocenters. The van der Waals surface area contributed by atoms with Gasteiger partial charge < -0.3 is 5.32 Å². The first-order valence-electron chi connectivity index (χ1n) is 4.14. The van der Waals surface area contributed by atoms with E-state index in [-0.39, 0.29) is 6.67 Å². The van der Waals surface area contributed by atoms with Gasteiger partial charge in [-0.25, -0.2) is 4.39 Å². The molecule has 0 aromatic carbocycles. The maximum atomic E-state index is 11.6. The highest BCUT2D eigenvalue weighted by Crippen LogP contribution is 2.05. The van der Waals surface area contributed by atoms with Crippen LogP contribution >= 0.6 is 11.6 Å². The van der Waals surface area contributed by atoms with Crippen LogP contribution in [0.25, 0.3) is 0 Å². The summed E-state index contributed by atoms with van der Waals surface area (Å²) in [5.74, 6) is 1.31. The minimum atomic E-state index is -0.273. The summed E-state index contributed by atoms with van der Waals surface area (Å²) in [4.78, 5) is 0. The van der Waals surface area contributed by atoms with Gasteiger partial charge in [0.2, 0.25) is 0 Å². The molecule has 1 N–H and O–H groups in total. The Balaban J connectivity index is 2.89. The van der Waals surface area contributed by atoms with Crippen LogP contribution in [0, 0.1) is 5.92 Å². The minimum Gasteiger partial charge on any atom is -0.314 e. The van der Waals surface area contributed by atoms with Crippen LogP contribution < -0.4 is 5.32 Å². The topological polar surface area (TPSA) is 12.0 Å². The van der Waals surface area contributed by atoms with Crippen molar-refractivity contribution < 1.29 is 4.39 Å². The van der Waals surface area contributed by atoms with Gasteiger partial charge in [0, 0.05) is 12.4 Å². The second-order valence-electron chi connectivity index (χ2n) is 2.84. The lowest BCUT2D eigenvalue weighted by Crippen LogP contribution is -2.18. The molecule has 0 aliphatic heterocycles. The van der Waals surface area contributed by atoms with Crippen LogP contribution in [0.1, 0.15) is 19.8 Å². The van der Waals surface area contributed by atoms with E-state index in [2.05, 4.69) is 12.2 Å². The van der Waals surface area contributed by atoms with Gasteiger partial charge in [0.1, 0.15) is 6.67 Å². The van der Waals surface area contributed by atoms with Crippen LogP contribution in [0.3, 0.4) is 0 Å². The second kappa shape index (κ2) is 8.28. The fourth-order valence-corrected chi connectivity index (χ4v) is 0.999. The van der Waals surface area contributed by atoms with E-state index in [1.807, 2.05) is 0 Å². The van der Waals surface area contributed by atoms with Crippen LogP contribution in [-0.4, -0.2) is 25.6 Å². The molecule has 0 fully saturated rings. The van der Waals surface area contributed by atoms with E-state index in [1.165, 1.54) is 0 Å². The molecule has 0 aliphatic carbocycles. The van der Waals surface area contributed by atoms with Gasteiger partial charge in [-0.3, -0.25) is 0 Å². The highest BCUT2D eigenvalue weighted by Gasteiger charge is 1.97. The van der Waals surface area contributed by atoms with Crippen LogP contribution in [0.5, 0.6) is 0 Å². The van der Waals surface area contributed by atoms with Crippen molar-refractivity contribution in [2.75, 3.05) is 25.6 Å². The zero-order valence-corrected chi connectivity index (χ0v) is 7.83. The number of rotatable bonds is 7. The molecule has 3 heteroatoms. The summed E-state index contributed by atoms with van der Waals surface area (Å²) in [6.07, 6.45) is 2.22. The quantitative estimate of drug-likeness (QED) is 0.469. The number of halogens is 2. The lowest BCUT2D eigenvalue weighted by Gasteiger charge is -2.06. The van der Waals surface area contributed by atoms with E-state index in [4.69, 9.17) is 11.6 Å². The van der Waals surface area contributed by atoms with Crippen molar-refractivity contribution in [3.63, 3.8) is 0 Å². The van der Waals surface area contributed by atoms with Gasteiger partial charge in [-0.05, 0) is 25.3 Å². The van der Waals surface area contributed by atoms with Gasteiger partial charge in [-0.15, -0.1) is 11.6 Å². The van der Waals surface area contributed by atoms with Crippen molar-refractivity contribution >= 4 is 11.6 Å².